The lowest BCUT2D eigenvalue weighted by atomic mass is 10.0. The number of rotatable bonds is 6. The lowest BCUT2D eigenvalue weighted by molar-refractivity contribution is -0.121. The molecule has 0 unspecified atom stereocenters. The van der Waals surface area contributed by atoms with Gasteiger partial charge >= 0.3 is 0 Å². The summed E-state index contributed by atoms with van der Waals surface area (Å²) in [5, 5.41) is 10.3. The fourth-order valence-corrected chi connectivity index (χ4v) is 3.34. The fourth-order valence-electron chi connectivity index (χ4n) is 2.70. The first-order chi connectivity index (χ1) is 12.0. The number of anilines is 1. The molecule has 0 fully saturated rings. The molecule has 6 nitrogen and oxygen atoms in total. The van der Waals surface area contributed by atoms with Gasteiger partial charge in [-0.15, -0.1) is 11.3 Å². The maximum absolute atomic E-state index is 12.1. The second-order valence-corrected chi connectivity index (χ2v) is 6.86. The van der Waals surface area contributed by atoms with Gasteiger partial charge in [-0.25, -0.2) is 0 Å². The third-order valence-corrected chi connectivity index (χ3v) is 4.88. The van der Waals surface area contributed by atoms with Crippen molar-refractivity contribution in [1.82, 2.24) is 10.6 Å². The minimum Gasteiger partial charge on any atom is -0.351 e. The Hall–Kier alpha value is -2.67. The van der Waals surface area contributed by atoms with E-state index in [0.717, 1.165) is 16.8 Å². The number of hydrogen-bond donors (Lipinski definition) is 3. The van der Waals surface area contributed by atoms with Gasteiger partial charge in [0.2, 0.25) is 11.8 Å². The molecule has 1 aromatic carbocycles. The Labute approximate surface area is 149 Å². The first-order valence-corrected chi connectivity index (χ1v) is 8.94. The zero-order chi connectivity index (χ0) is 17.8. The molecule has 0 saturated heterocycles. The van der Waals surface area contributed by atoms with Crippen LogP contribution in [0, 0.1) is 0 Å². The molecular formula is C18H19N3O3S. The molecule has 3 N–H and O–H groups in total. The Balaban J connectivity index is 1.47. The Bertz CT molecular complexity index is 802. The number of carbonyl (C=O) groups is 3. The second-order valence-electron chi connectivity index (χ2n) is 5.91. The summed E-state index contributed by atoms with van der Waals surface area (Å²) in [7, 11) is 0. The predicted molar refractivity (Wildman–Crippen MR) is 96.6 cm³/mol. The summed E-state index contributed by atoms with van der Waals surface area (Å²) in [5.74, 6) is -0.300. The molecule has 3 rings (SSSR count). The number of benzene rings is 1. The highest BCUT2D eigenvalue weighted by atomic mass is 32.1. The SMILES string of the molecule is C[C@@H](NC(=O)CCNC(=O)c1cccs1)c1ccc2c(c1)CC(=O)N2. The van der Waals surface area contributed by atoms with E-state index in [4.69, 9.17) is 0 Å². The average molecular weight is 357 g/mol. The largest absolute Gasteiger partial charge is 0.351 e. The Morgan fingerprint density at radius 2 is 2.16 bits per heavy atom. The van der Waals surface area contributed by atoms with Gasteiger partial charge in [0, 0.05) is 18.7 Å². The molecule has 2 aromatic rings. The van der Waals surface area contributed by atoms with E-state index in [-0.39, 0.29) is 36.7 Å². The van der Waals surface area contributed by atoms with Crippen molar-refractivity contribution in [2.45, 2.75) is 25.8 Å². The summed E-state index contributed by atoms with van der Waals surface area (Å²) >= 11 is 1.37. The number of thiophene rings is 1. The van der Waals surface area contributed by atoms with Gasteiger partial charge < -0.3 is 16.0 Å². The maximum Gasteiger partial charge on any atom is 0.261 e. The summed E-state index contributed by atoms with van der Waals surface area (Å²) in [6.45, 7) is 2.19. The van der Waals surface area contributed by atoms with E-state index in [9.17, 15) is 14.4 Å². The van der Waals surface area contributed by atoms with Crippen LogP contribution in [0.4, 0.5) is 5.69 Å². The highest BCUT2D eigenvalue weighted by Gasteiger charge is 2.19. The topological polar surface area (TPSA) is 87.3 Å². The van der Waals surface area contributed by atoms with E-state index < -0.39 is 0 Å². The molecule has 0 saturated carbocycles. The molecular weight excluding hydrogens is 338 g/mol. The molecule has 0 spiro atoms. The highest BCUT2D eigenvalue weighted by molar-refractivity contribution is 7.12. The summed E-state index contributed by atoms with van der Waals surface area (Å²) in [4.78, 5) is 35.9. The minimum atomic E-state index is -0.165. The second kappa shape index (κ2) is 7.48. The third kappa shape index (κ3) is 4.24. The monoisotopic (exact) mass is 357 g/mol. The number of carbonyl (C=O) groups excluding carboxylic acids is 3. The van der Waals surface area contributed by atoms with E-state index in [0.29, 0.717) is 11.3 Å². The van der Waals surface area contributed by atoms with Crippen molar-refractivity contribution in [2.24, 2.45) is 0 Å². The van der Waals surface area contributed by atoms with Gasteiger partial charge in [0.05, 0.1) is 17.3 Å². The summed E-state index contributed by atoms with van der Waals surface area (Å²) in [5.41, 5.74) is 2.74. The van der Waals surface area contributed by atoms with Crippen LogP contribution in [0.1, 0.15) is 40.2 Å². The molecule has 1 aliphatic heterocycles. The van der Waals surface area contributed by atoms with Gasteiger partial charge in [0.1, 0.15) is 0 Å². The smallest absolute Gasteiger partial charge is 0.261 e. The molecule has 3 amide bonds. The Kier molecular flexibility index (Phi) is 5.14. The van der Waals surface area contributed by atoms with Crippen molar-refractivity contribution >= 4 is 34.7 Å². The average Bonchev–Trinajstić information content (AvgIpc) is 3.22. The normalized spacial score (nSPS) is 13.7. The zero-order valence-corrected chi connectivity index (χ0v) is 14.6. The van der Waals surface area contributed by atoms with Crippen LogP contribution >= 0.6 is 11.3 Å². The number of nitrogens with one attached hydrogen (secondary N) is 3. The van der Waals surface area contributed by atoms with Crippen LogP contribution in [0.15, 0.2) is 35.7 Å². The van der Waals surface area contributed by atoms with Crippen LogP contribution < -0.4 is 16.0 Å². The molecule has 130 valence electrons. The van der Waals surface area contributed by atoms with Crippen LogP contribution in [-0.4, -0.2) is 24.3 Å². The quantitative estimate of drug-likeness (QED) is 0.741. The fraction of sp³-hybridized carbons (Fsp3) is 0.278. The molecule has 0 bridgehead atoms. The van der Waals surface area contributed by atoms with Crippen LogP contribution in [0.2, 0.25) is 0 Å². The van der Waals surface area contributed by atoms with Crippen molar-refractivity contribution in [3.8, 4) is 0 Å². The zero-order valence-electron chi connectivity index (χ0n) is 13.8. The van der Waals surface area contributed by atoms with Gasteiger partial charge in [0.25, 0.3) is 5.91 Å². The molecule has 0 aliphatic carbocycles. The number of fused-ring (bicyclic) bond motifs is 1. The molecule has 1 aromatic heterocycles. The highest BCUT2D eigenvalue weighted by Crippen LogP contribution is 2.26. The van der Waals surface area contributed by atoms with E-state index in [2.05, 4.69) is 16.0 Å². The molecule has 1 atom stereocenters. The lowest BCUT2D eigenvalue weighted by Gasteiger charge is -2.15. The van der Waals surface area contributed by atoms with Gasteiger partial charge in [0.15, 0.2) is 0 Å². The standard InChI is InChI=1S/C18H19N3O3S/c1-11(12-4-5-14-13(9-12)10-17(23)21-14)20-16(22)6-7-19-18(24)15-3-2-8-25-15/h2-5,8-9,11H,6-7,10H2,1H3,(H,19,24)(H,20,22)(H,21,23)/t11-/m1/s1. The third-order valence-electron chi connectivity index (χ3n) is 4.01. The van der Waals surface area contributed by atoms with Gasteiger partial charge in [-0.2, -0.15) is 0 Å². The van der Waals surface area contributed by atoms with Crippen LogP contribution in [-0.2, 0) is 16.0 Å². The molecule has 2 heterocycles. The lowest BCUT2D eigenvalue weighted by Crippen LogP contribution is -2.31. The predicted octanol–water partition coefficient (Wildman–Crippen LogP) is 2.24. The van der Waals surface area contributed by atoms with Crippen molar-refractivity contribution in [3.63, 3.8) is 0 Å². The maximum atomic E-state index is 12.1. The van der Waals surface area contributed by atoms with Crippen molar-refractivity contribution in [3.05, 3.63) is 51.7 Å². The van der Waals surface area contributed by atoms with Crippen LogP contribution in [0.25, 0.3) is 0 Å². The first kappa shape index (κ1) is 17.2. The van der Waals surface area contributed by atoms with Gasteiger partial charge in [-0.3, -0.25) is 14.4 Å². The molecule has 25 heavy (non-hydrogen) atoms. The molecule has 0 radical (unpaired) electrons. The van der Waals surface area contributed by atoms with E-state index in [1.165, 1.54) is 11.3 Å². The van der Waals surface area contributed by atoms with E-state index in [1.807, 2.05) is 36.6 Å². The number of hydrogen-bond acceptors (Lipinski definition) is 4. The summed E-state index contributed by atoms with van der Waals surface area (Å²) in [6.07, 6.45) is 0.588. The van der Waals surface area contributed by atoms with Gasteiger partial charge in [-0.05, 0) is 35.6 Å². The summed E-state index contributed by atoms with van der Waals surface area (Å²) < 4.78 is 0. The number of amides is 3. The van der Waals surface area contributed by atoms with Crippen LogP contribution in [0.5, 0.6) is 0 Å². The molecule has 7 heteroatoms. The molecule has 1 aliphatic rings. The minimum absolute atomic E-state index is 0.00896. The summed E-state index contributed by atoms with van der Waals surface area (Å²) in [6, 6.07) is 9.09. The Morgan fingerprint density at radius 3 is 2.92 bits per heavy atom. The van der Waals surface area contributed by atoms with E-state index >= 15 is 0 Å². The Morgan fingerprint density at radius 1 is 1.32 bits per heavy atom. The van der Waals surface area contributed by atoms with Crippen molar-refractivity contribution in [2.75, 3.05) is 11.9 Å². The van der Waals surface area contributed by atoms with Crippen molar-refractivity contribution < 1.29 is 14.4 Å². The van der Waals surface area contributed by atoms with Gasteiger partial charge in [-0.1, -0.05) is 18.2 Å². The van der Waals surface area contributed by atoms with Crippen molar-refractivity contribution in [1.29, 1.82) is 0 Å². The first-order valence-electron chi connectivity index (χ1n) is 8.06. The van der Waals surface area contributed by atoms with Crippen LogP contribution in [0.3, 0.4) is 0 Å². The van der Waals surface area contributed by atoms with E-state index in [1.54, 1.807) is 6.07 Å².